The van der Waals surface area contributed by atoms with E-state index in [0.717, 1.165) is 25.1 Å². The molecule has 1 aliphatic carbocycles. The number of aromatic nitrogens is 3. The lowest BCUT2D eigenvalue weighted by Crippen LogP contribution is -2.60. The van der Waals surface area contributed by atoms with Crippen LogP contribution in [0.5, 0.6) is 0 Å². The van der Waals surface area contributed by atoms with Crippen LogP contribution >= 0.6 is 0 Å². The number of ether oxygens (including phenoxy) is 1. The van der Waals surface area contributed by atoms with E-state index in [4.69, 9.17) is 4.74 Å². The molecule has 1 amide bonds. The number of carbonyl (C=O) groups is 1. The SMILES string of the molecule is CC1(O)COCC1(NC(=O)c1cnn2c1NCC(C1CC1)=C2)c1ccc(C(F)(F)F)nc1. The molecule has 1 saturated heterocycles. The van der Waals surface area contributed by atoms with Crippen LogP contribution in [-0.4, -0.2) is 51.1 Å². The zero-order valence-corrected chi connectivity index (χ0v) is 17.2. The Bertz CT molecular complexity index is 1090. The Morgan fingerprint density at radius 3 is 2.69 bits per heavy atom. The highest BCUT2D eigenvalue weighted by molar-refractivity contribution is 6.00. The van der Waals surface area contributed by atoms with Crippen molar-refractivity contribution in [2.45, 2.75) is 37.1 Å². The Hall–Kier alpha value is -2.92. The number of aliphatic hydroxyl groups is 1. The van der Waals surface area contributed by atoms with Crippen LogP contribution in [0.3, 0.4) is 0 Å². The number of pyridine rings is 1. The molecule has 3 N–H and O–H groups in total. The van der Waals surface area contributed by atoms with E-state index < -0.39 is 28.9 Å². The minimum atomic E-state index is -4.60. The van der Waals surface area contributed by atoms with Crippen LogP contribution in [-0.2, 0) is 16.5 Å². The first kappa shape index (κ1) is 21.0. The number of halogens is 3. The summed E-state index contributed by atoms with van der Waals surface area (Å²) in [5, 5.41) is 21.3. The first-order valence-electron chi connectivity index (χ1n) is 10.3. The molecule has 8 nitrogen and oxygen atoms in total. The number of nitrogens with zero attached hydrogens (tertiary/aromatic N) is 3. The molecule has 0 bridgehead atoms. The number of nitrogens with one attached hydrogen (secondary N) is 2. The quantitative estimate of drug-likeness (QED) is 0.663. The fraction of sp³-hybridized carbons (Fsp3) is 0.476. The average Bonchev–Trinajstić information content (AvgIpc) is 3.43. The van der Waals surface area contributed by atoms with E-state index in [2.05, 4.69) is 20.7 Å². The number of amides is 1. The molecule has 11 heteroatoms. The van der Waals surface area contributed by atoms with E-state index in [9.17, 15) is 23.1 Å². The molecule has 32 heavy (non-hydrogen) atoms. The minimum absolute atomic E-state index is 0.105. The third-order valence-corrected chi connectivity index (χ3v) is 6.38. The van der Waals surface area contributed by atoms with Crippen molar-refractivity contribution in [3.05, 3.63) is 46.9 Å². The molecule has 4 heterocycles. The molecule has 2 fully saturated rings. The molecular weight excluding hydrogens is 427 g/mol. The maximum atomic E-state index is 13.3. The van der Waals surface area contributed by atoms with E-state index in [1.54, 1.807) is 4.68 Å². The van der Waals surface area contributed by atoms with E-state index >= 15 is 0 Å². The molecule has 1 saturated carbocycles. The normalized spacial score (nSPS) is 27.5. The van der Waals surface area contributed by atoms with Crippen LogP contribution < -0.4 is 10.6 Å². The van der Waals surface area contributed by atoms with Crippen molar-refractivity contribution in [1.29, 1.82) is 0 Å². The summed E-state index contributed by atoms with van der Waals surface area (Å²) in [5.41, 5.74) is -2.42. The van der Waals surface area contributed by atoms with Crippen LogP contribution in [0.2, 0.25) is 0 Å². The molecule has 3 aliphatic rings. The smallest absolute Gasteiger partial charge is 0.385 e. The van der Waals surface area contributed by atoms with Crippen molar-refractivity contribution >= 4 is 17.9 Å². The van der Waals surface area contributed by atoms with Gasteiger partial charge in [0.1, 0.15) is 28.2 Å². The minimum Gasteiger partial charge on any atom is -0.385 e. The summed E-state index contributed by atoms with van der Waals surface area (Å²) in [6.07, 6.45) is 2.06. The zero-order chi connectivity index (χ0) is 22.7. The first-order chi connectivity index (χ1) is 15.1. The fourth-order valence-electron chi connectivity index (χ4n) is 4.29. The molecule has 2 aromatic rings. The van der Waals surface area contributed by atoms with Gasteiger partial charge in [0.15, 0.2) is 0 Å². The van der Waals surface area contributed by atoms with Crippen LogP contribution in [0.4, 0.5) is 19.0 Å². The number of hydrogen-bond acceptors (Lipinski definition) is 6. The Balaban J connectivity index is 1.47. The van der Waals surface area contributed by atoms with Gasteiger partial charge >= 0.3 is 6.18 Å². The highest BCUT2D eigenvalue weighted by Gasteiger charge is 2.55. The molecule has 2 unspecified atom stereocenters. The van der Waals surface area contributed by atoms with Gasteiger partial charge in [-0.15, -0.1) is 0 Å². The monoisotopic (exact) mass is 449 g/mol. The lowest BCUT2D eigenvalue weighted by Gasteiger charge is -2.39. The van der Waals surface area contributed by atoms with Gasteiger partial charge in [0.2, 0.25) is 0 Å². The van der Waals surface area contributed by atoms with E-state index in [1.165, 1.54) is 24.8 Å². The highest BCUT2D eigenvalue weighted by Crippen LogP contribution is 2.41. The van der Waals surface area contributed by atoms with Gasteiger partial charge < -0.3 is 20.5 Å². The second-order valence-electron chi connectivity index (χ2n) is 8.74. The molecule has 0 aromatic carbocycles. The van der Waals surface area contributed by atoms with Gasteiger partial charge in [-0.25, -0.2) is 4.68 Å². The molecule has 2 aromatic heterocycles. The predicted octanol–water partition coefficient (Wildman–Crippen LogP) is 2.38. The van der Waals surface area contributed by atoms with E-state index in [1.807, 2.05) is 6.20 Å². The van der Waals surface area contributed by atoms with Gasteiger partial charge in [0, 0.05) is 24.5 Å². The van der Waals surface area contributed by atoms with Crippen molar-refractivity contribution in [1.82, 2.24) is 20.1 Å². The summed E-state index contributed by atoms with van der Waals surface area (Å²) in [6.45, 7) is 1.85. The van der Waals surface area contributed by atoms with Crippen molar-refractivity contribution in [3.63, 3.8) is 0 Å². The maximum Gasteiger partial charge on any atom is 0.433 e. The number of carbonyl (C=O) groups excluding carboxylic acids is 1. The van der Waals surface area contributed by atoms with Crippen molar-refractivity contribution in [3.8, 4) is 0 Å². The summed E-state index contributed by atoms with van der Waals surface area (Å²) < 4.78 is 45.9. The van der Waals surface area contributed by atoms with Gasteiger partial charge in [-0.1, -0.05) is 6.07 Å². The molecule has 0 radical (unpaired) electrons. The molecule has 0 spiro atoms. The Labute approximate surface area is 181 Å². The Kier molecular flexibility index (Phi) is 4.61. The lowest BCUT2D eigenvalue weighted by molar-refractivity contribution is -0.141. The Morgan fingerprint density at radius 2 is 2.09 bits per heavy atom. The average molecular weight is 449 g/mol. The second kappa shape index (κ2) is 7.04. The summed E-state index contributed by atoms with van der Waals surface area (Å²) in [7, 11) is 0. The zero-order valence-electron chi connectivity index (χ0n) is 17.2. The van der Waals surface area contributed by atoms with Crippen molar-refractivity contribution in [2.24, 2.45) is 5.92 Å². The third-order valence-electron chi connectivity index (χ3n) is 6.38. The van der Waals surface area contributed by atoms with Gasteiger partial charge in [0.25, 0.3) is 5.91 Å². The number of alkyl halides is 3. The van der Waals surface area contributed by atoms with Gasteiger partial charge in [0.05, 0.1) is 19.4 Å². The predicted molar refractivity (Wildman–Crippen MR) is 108 cm³/mol. The summed E-state index contributed by atoms with van der Waals surface area (Å²) in [6, 6.07) is 2.03. The molecular formula is C21H22F3N5O3. The summed E-state index contributed by atoms with van der Waals surface area (Å²) in [5.74, 6) is 0.539. The topological polar surface area (TPSA) is 101 Å². The van der Waals surface area contributed by atoms with Crippen LogP contribution in [0, 0.1) is 5.92 Å². The fourth-order valence-corrected chi connectivity index (χ4v) is 4.29. The van der Waals surface area contributed by atoms with Crippen LogP contribution in [0.15, 0.2) is 30.1 Å². The van der Waals surface area contributed by atoms with Crippen molar-refractivity contribution in [2.75, 3.05) is 25.1 Å². The Morgan fingerprint density at radius 1 is 1.31 bits per heavy atom. The van der Waals surface area contributed by atoms with Gasteiger partial charge in [-0.2, -0.15) is 18.3 Å². The maximum absolute atomic E-state index is 13.3. The lowest BCUT2D eigenvalue weighted by atomic mass is 9.78. The molecule has 2 aliphatic heterocycles. The molecule has 5 rings (SSSR count). The highest BCUT2D eigenvalue weighted by atomic mass is 19.4. The summed E-state index contributed by atoms with van der Waals surface area (Å²) in [4.78, 5) is 16.8. The van der Waals surface area contributed by atoms with E-state index in [0.29, 0.717) is 18.3 Å². The molecule has 170 valence electrons. The number of anilines is 1. The third kappa shape index (κ3) is 3.36. The van der Waals surface area contributed by atoms with Gasteiger partial charge in [-0.3, -0.25) is 9.78 Å². The van der Waals surface area contributed by atoms with Crippen LogP contribution in [0.25, 0.3) is 6.20 Å². The number of rotatable bonds is 4. The first-order valence-corrected chi connectivity index (χ1v) is 10.3. The second-order valence-corrected chi connectivity index (χ2v) is 8.74. The van der Waals surface area contributed by atoms with Crippen molar-refractivity contribution < 1.29 is 27.8 Å². The van der Waals surface area contributed by atoms with Gasteiger partial charge in [-0.05, 0) is 37.3 Å². The molecule has 2 atom stereocenters. The van der Waals surface area contributed by atoms with Crippen LogP contribution in [0.1, 0.15) is 41.4 Å². The number of fused-ring (bicyclic) bond motifs is 1. The largest absolute Gasteiger partial charge is 0.433 e. The number of hydrogen-bond donors (Lipinski definition) is 3. The van der Waals surface area contributed by atoms with E-state index in [-0.39, 0.29) is 24.3 Å². The standard InChI is InChI=1S/C21H22F3N5O3/c1-19(31)10-32-11-20(19,14-4-5-16(25-7-14)21(22,23)24)28-18(30)15-8-27-29-9-13(12-2-3-12)6-26-17(15)29/h4-5,7-9,12,26,31H,2-3,6,10-11H2,1H3,(H,28,30). The summed E-state index contributed by atoms with van der Waals surface area (Å²) >= 11 is 0.